The monoisotopic (exact) mass is 806 g/mol. The first kappa shape index (κ1) is 46.2. The molecule has 16 nitrogen and oxygen atoms in total. The van der Waals surface area contributed by atoms with Crippen LogP contribution < -0.4 is 16.0 Å². The minimum atomic E-state index is -0.200. The highest BCUT2D eigenvalue weighted by molar-refractivity contribution is 6.04. The Labute approximate surface area is 340 Å². The van der Waals surface area contributed by atoms with Gasteiger partial charge in [0.1, 0.15) is 0 Å². The number of carbonyl (C=O) groups is 1. The van der Waals surface area contributed by atoms with Gasteiger partial charge in [-0.05, 0) is 60.5 Å². The number of benzene rings is 2. The molecule has 4 aromatic rings. The molecule has 16 heteroatoms. The van der Waals surface area contributed by atoms with Gasteiger partial charge in [-0.2, -0.15) is 0 Å². The van der Waals surface area contributed by atoms with Gasteiger partial charge in [0.05, 0.1) is 118 Å². The molecule has 4 N–H and O–H groups in total. The van der Waals surface area contributed by atoms with Gasteiger partial charge in [0, 0.05) is 54.2 Å². The molecule has 0 aliphatic rings. The van der Waals surface area contributed by atoms with Crippen LogP contribution in [-0.4, -0.2) is 145 Å². The zero-order valence-corrected chi connectivity index (χ0v) is 33.4. The molecule has 2 aromatic carbocycles. The quantitative estimate of drug-likeness (QED) is 0.0505. The van der Waals surface area contributed by atoms with Gasteiger partial charge in [0.2, 0.25) is 5.95 Å². The third-order valence-electron chi connectivity index (χ3n) is 8.16. The first-order chi connectivity index (χ1) is 28.6. The van der Waals surface area contributed by atoms with Crippen molar-refractivity contribution in [1.82, 2.24) is 20.3 Å². The van der Waals surface area contributed by atoms with Crippen molar-refractivity contribution in [1.29, 1.82) is 0 Å². The van der Waals surface area contributed by atoms with E-state index in [2.05, 4.69) is 30.9 Å². The number of nitrogens with one attached hydrogen (secondary N) is 3. The van der Waals surface area contributed by atoms with Gasteiger partial charge in [-0.1, -0.05) is 18.2 Å². The zero-order valence-electron chi connectivity index (χ0n) is 33.4. The zero-order chi connectivity index (χ0) is 40.7. The molecule has 0 radical (unpaired) electrons. The van der Waals surface area contributed by atoms with Crippen LogP contribution in [0.3, 0.4) is 0 Å². The van der Waals surface area contributed by atoms with Crippen LogP contribution in [0.1, 0.15) is 21.5 Å². The van der Waals surface area contributed by atoms with Crippen LogP contribution in [-0.2, 0) is 44.4 Å². The average Bonchev–Trinajstić information content (AvgIpc) is 3.25. The molecule has 0 aliphatic carbocycles. The van der Waals surface area contributed by atoms with E-state index < -0.39 is 0 Å². The maximum atomic E-state index is 13.0. The second-order valence-electron chi connectivity index (χ2n) is 12.6. The van der Waals surface area contributed by atoms with Crippen LogP contribution >= 0.6 is 0 Å². The van der Waals surface area contributed by atoms with Gasteiger partial charge in [-0.3, -0.25) is 9.78 Å². The number of hydrogen-bond acceptors (Lipinski definition) is 15. The van der Waals surface area contributed by atoms with Crippen molar-refractivity contribution >= 4 is 23.2 Å². The summed E-state index contributed by atoms with van der Waals surface area (Å²) in [6, 6.07) is 18.8. The molecule has 0 saturated carbocycles. The number of aliphatic hydroxyl groups excluding tert-OH is 1. The highest BCUT2D eigenvalue weighted by atomic mass is 16.6. The summed E-state index contributed by atoms with van der Waals surface area (Å²) in [6.45, 7) is 11.1. The van der Waals surface area contributed by atoms with Crippen molar-refractivity contribution in [2.45, 2.75) is 13.5 Å². The second kappa shape index (κ2) is 29.7. The molecule has 4 rings (SSSR count). The van der Waals surface area contributed by atoms with E-state index in [1.807, 2.05) is 67.6 Å². The number of nitrogens with zero attached hydrogens (tertiary/aromatic N) is 3. The van der Waals surface area contributed by atoms with Crippen LogP contribution in [0, 0.1) is 6.92 Å². The number of rotatable bonds is 33. The summed E-state index contributed by atoms with van der Waals surface area (Å²) in [6.07, 6.45) is 5.18. The molecule has 0 spiro atoms. The Hall–Kier alpha value is -4.46. The van der Waals surface area contributed by atoms with E-state index in [0.717, 1.165) is 28.1 Å². The normalized spacial score (nSPS) is 11.2. The fraction of sp³-hybridized carbons (Fsp3) is 0.476. The molecular weight excluding hydrogens is 748 g/mol. The third-order valence-corrected chi connectivity index (χ3v) is 8.16. The second-order valence-corrected chi connectivity index (χ2v) is 12.6. The van der Waals surface area contributed by atoms with Gasteiger partial charge in [0.25, 0.3) is 5.91 Å². The van der Waals surface area contributed by atoms with E-state index in [9.17, 15) is 4.79 Å². The topological polar surface area (TPSA) is 186 Å². The largest absolute Gasteiger partial charge is 0.394 e. The molecule has 2 heterocycles. The van der Waals surface area contributed by atoms with E-state index in [1.165, 1.54) is 0 Å². The fourth-order valence-electron chi connectivity index (χ4n) is 5.11. The minimum absolute atomic E-state index is 0.0188. The van der Waals surface area contributed by atoms with Gasteiger partial charge in [-0.25, -0.2) is 9.97 Å². The Balaban J connectivity index is 0.943. The van der Waals surface area contributed by atoms with Crippen LogP contribution in [0.25, 0.3) is 11.3 Å². The smallest absolute Gasteiger partial charge is 0.255 e. The highest BCUT2D eigenvalue weighted by Gasteiger charge is 2.10. The van der Waals surface area contributed by atoms with Crippen molar-refractivity contribution < 1.29 is 47.8 Å². The molecule has 0 unspecified atom stereocenters. The lowest BCUT2D eigenvalue weighted by atomic mass is 10.1. The van der Waals surface area contributed by atoms with Crippen LogP contribution in [0.4, 0.5) is 17.3 Å². The number of aromatic nitrogens is 3. The summed E-state index contributed by atoms with van der Waals surface area (Å²) in [5.41, 5.74) is 5.71. The Morgan fingerprint density at radius 3 is 1.78 bits per heavy atom. The van der Waals surface area contributed by atoms with Gasteiger partial charge < -0.3 is 59.0 Å². The van der Waals surface area contributed by atoms with Crippen molar-refractivity contribution in [2.75, 3.05) is 129 Å². The number of amides is 1. The number of anilines is 3. The Bertz CT molecular complexity index is 1670. The van der Waals surface area contributed by atoms with Gasteiger partial charge >= 0.3 is 0 Å². The third kappa shape index (κ3) is 19.8. The van der Waals surface area contributed by atoms with Crippen molar-refractivity contribution in [3.63, 3.8) is 0 Å². The number of ether oxygens (including phenoxy) is 8. The van der Waals surface area contributed by atoms with Crippen molar-refractivity contribution in [3.8, 4) is 11.3 Å². The lowest BCUT2D eigenvalue weighted by Crippen LogP contribution is -2.20. The number of pyridine rings is 1. The van der Waals surface area contributed by atoms with Gasteiger partial charge in [-0.15, -0.1) is 0 Å². The molecule has 0 fully saturated rings. The van der Waals surface area contributed by atoms with Crippen LogP contribution in [0.2, 0.25) is 0 Å². The minimum Gasteiger partial charge on any atom is -0.394 e. The number of aliphatic hydroxyl groups is 1. The van der Waals surface area contributed by atoms with E-state index in [4.69, 9.17) is 43.0 Å². The van der Waals surface area contributed by atoms with E-state index in [0.29, 0.717) is 136 Å². The van der Waals surface area contributed by atoms with Crippen molar-refractivity contribution in [2.24, 2.45) is 0 Å². The lowest BCUT2D eigenvalue weighted by Gasteiger charge is -2.12. The Kier molecular flexibility index (Phi) is 23.7. The SMILES string of the molecule is Cc1ccc(NC(=O)c2ccc(CNCCOCCOCCOCCOCCOCCOCCOCCOCCO)cc2)cc1Nc1nccc(-c2cccnc2)n1. The fourth-order valence-corrected chi connectivity index (χ4v) is 5.11. The predicted octanol–water partition coefficient (Wildman–Crippen LogP) is 4.06. The van der Waals surface area contributed by atoms with Gasteiger partial charge in [0.15, 0.2) is 0 Å². The maximum Gasteiger partial charge on any atom is 0.255 e. The molecule has 58 heavy (non-hydrogen) atoms. The van der Waals surface area contributed by atoms with E-state index in [1.54, 1.807) is 18.6 Å². The molecule has 0 bridgehead atoms. The highest BCUT2D eigenvalue weighted by Crippen LogP contribution is 2.24. The summed E-state index contributed by atoms with van der Waals surface area (Å²) < 4.78 is 43.5. The first-order valence-corrected chi connectivity index (χ1v) is 19.6. The Morgan fingerprint density at radius 2 is 1.22 bits per heavy atom. The molecule has 0 saturated heterocycles. The average molecular weight is 807 g/mol. The van der Waals surface area contributed by atoms with E-state index >= 15 is 0 Å². The summed E-state index contributed by atoms with van der Waals surface area (Å²) >= 11 is 0. The predicted molar refractivity (Wildman–Crippen MR) is 219 cm³/mol. The summed E-state index contributed by atoms with van der Waals surface area (Å²) in [7, 11) is 0. The summed E-state index contributed by atoms with van der Waals surface area (Å²) in [4.78, 5) is 26.2. The maximum absolute atomic E-state index is 13.0. The number of aryl methyl sites for hydroxylation is 1. The molecule has 0 aliphatic heterocycles. The van der Waals surface area contributed by atoms with Crippen molar-refractivity contribution in [3.05, 3.63) is 95.9 Å². The number of hydrogen-bond donors (Lipinski definition) is 4. The molecule has 316 valence electrons. The molecular formula is C42H58N6O10. The molecule has 1 amide bonds. The molecule has 0 atom stereocenters. The van der Waals surface area contributed by atoms with Crippen LogP contribution in [0.15, 0.2) is 79.3 Å². The first-order valence-electron chi connectivity index (χ1n) is 19.6. The standard InChI is InChI=1S/C42H58N6O10/c1-34-4-9-38(31-40(34)48-42-45-12-10-39(47-42)37-3-2-11-43-33-37)46-41(50)36-7-5-35(6-8-36)32-44-13-15-51-17-19-53-21-23-55-25-27-57-29-30-58-28-26-56-24-22-54-20-18-52-16-14-49/h2-12,31,33,44,49H,13-30,32H2,1H3,(H,46,50)(H,45,47,48). The number of carbonyl (C=O) groups excluding carboxylic acids is 1. The molecule has 2 aromatic heterocycles. The Morgan fingerprint density at radius 1 is 0.655 bits per heavy atom. The summed E-state index contributed by atoms with van der Waals surface area (Å²) in [5, 5.41) is 18.2. The van der Waals surface area contributed by atoms with Crippen LogP contribution in [0.5, 0.6) is 0 Å². The van der Waals surface area contributed by atoms with E-state index in [-0.39, 0.29) is 12.5 Å². The lowest BCUT2D eigenvalue weighted by molar-refractivity contribution is -0.0237. The summed E-state index contributed by atoms with van der Waals surface area (Å²) in [5.74, 6) is 0.249.